The molecule has 0 saturated carbocycles. The van der Waals surface area contributed by atoms with Gasteiger partial charge in [-0.15, -0.1) is 0 Å². The Morgan fingerprint density at radius 1 is 1.62 bits per heavy atom. The predicted molar refractivity (Wildman–Crippen MR) is 41.7 cm³/mol. The van der Waals surface area contributed by atoms with E-state index in [2.05, 4.69) is 34.5 Å². The smallest absolute Gasteiger partial charge is 0.0307 e. The maximum Gasteiger partial charge on any atom is 0.0307 e. The number of rotatable bonds is 0. The van der Waals surface area contributed by atoms with Crippen LogP contribution in [0.15, 0.2) is 18.5 Å². The maximum atomic E-state index is 3.94. The summed E-state index contributed by atoms with van der Waals surface area (Å²) in [6.45, 7) is 2.05. The normalized spacial score (nSPS) is 9.25. The van der Waals surface area contributed by atoms with Crippen LogP contribution in [0.5, 0.6) is 0 Å². The van der Waals surface area contributed by atoms with E-state index >= 15 is 0 Å². The van der Waals surface area contributed by atoms with Crippen molar-refractivity contribution in [2.45, 2.75) is 6.92 Å². The minimum atomic E-state index is 1.24. The SMILES string of the molecule is Cc1cnccc1I. The van der Waals surface area contributed by atoms with Crippen LogP contribution in [0.25, 0.3) is 0 Å². The largest absolute Gasteiger partial charge is 0.264 e. The Morgan fingerprint density at radius 3 is 2.75 bits per heavy atom. The summed E-state index contributed by atoms with van der Waals surface area (Å²) in [6, 6.07) is 2.00. The van der Waals surface area contributed by atoms with Gasteiger partial charge in [0.25, 0.3) is 0 Å². The van der Waals surface area contributed by atoms with Crippen LogP contribution in [-0.4, -0.2) is 4.98 Å². The van der Waals surface area contributed by atoms with E-state index in [0.29, 0.717) is 0 Å². The van der Waals surface area contributed by atoms with Crippen LogP contribution in [0.3, 0.4) is 0 Å². The third-order valence-corrected chi connectivity index (χ3v) is 2.16. The Kier molecular flexibility index (Phi) is 1.83. The second-order valence-corrected chi connectivity index (χ2v) is 2.79. The van der Waals surface area contributed by atoms with Gasteiger partial charge in [-0.25, -0.2) is 0 Å². The van der Waals surface area contributed by atoms with E-state index in [1.807, 2.05) is 12.3 Å². The van der Waals surface area contributed by atoms with Crippen molar-refractivity contribution in [3.05, 3.63) is 27.6 Å². The van der Waals surface area contributed by atoms with E-state index in [-0.39, 0.29) is 0 Å². The van der Waals surface area contributed by atoms with Gasteiger partial charge in [0.1, 0.15) is 0 Å². The molecule has 1 aromatic rings. The van der Waals surface area contributed by atoms with Crippen molar-refractivity contribution in [1.82, 2.24) is 4.98 Å². The van der Waals surface area contributed by atoms with E-state index < -0.39 is 0 Å². The van der Waals surface area contributed by atoms with Gasteiger partial charge in [-0.3, -0.25) is 4.98 Å². The third kappa shape index (κ3) is 1.18. The van der Waals surface area contributed by atoms with Gasteiger partial charge in [0.15, 0.2) is 0 Å². The first kappa shape index (κ1) is 6.01. The molecule has 1 aromatic heterocycles. The molecule has 2 heteroatoms. The van der Waals surface area contributed by atoms with Crippen LogP contribution in [-0.2, 0) is 0 Å². The molecule has 0 amide bonds. The second kappa shape index (κ2) is 2.44. The lowest BCUT2D eigenvalue weighted by atomic mass is 10.3. The predicted octanol–water partition coefficient (Wildman–Crippen LogP) is 1.99. The summed E-state index contributed by atoms with van der Waals surface area (Å²) in [6.07, 6.45) is 3.66. The number of hydrogen-bond donors (Lipinski definition) is 0. The van der Waals surface area contributed by atoms with Crippen molar-refractivity contribution in [3.63, 3.8) is 0 Å². The number of pyridine rings is 1. The number of halogens is 1. The lowest BCUT2D eigenvalue weighted by Crippen LogP contribution is -1.78. The first-order chi connectivity index (χ1) is 3.80. The van der Waals surface area contributed by atoms with Gasteiger partial charge in [0.2, 0.25) is 0 Å². The van der Waals surface area contributed by atoms with Gasteiger partial charge in [-0.2, -0.15) is 0 Å². The van der Waals surface area contributed by atoms with Gasteiger partial charge in [0.05, 0.1) is 0 Å². The fraction of sp³-hybridized carbons (Fsp3) is 0.167. The van der Waals surface area contributed by atoms with Crippen molar-refractivity contribution in [2.24, 2.45) is 0 Å². The van der Waals surface area contributed by atoms with E-state index in [9.17, 15) is 0 Å². The zero-order valence-electron chi connectivity index (χ0n) is 4.56. The molecule has 0 bridgehead atoms. The molecule has 0 aliphatic rings. The van der Waals surface area contributed by atoms with Crippen LogP contribution in [0.1, 0.15) is 5.56 Å². The second-order valence-electron chi connectivity index (χ2n) is 1.62. The average Bonchev–Trinajstić information content (AvgIpc) is 1.77. The summed E-state index contributed by atoms with van der Waals surface area (Å²) in [5.74, 6) is 0. The highest BCUT2D eigenvalue weighted by atomic mass is 127. The molecule has 42 valence electrons. The summed E-state index contributed by atoms with van der Waals surface area (Å²) >= 11 is 2.28. The van der Waals surface area contributed by atoms with Gasteiger partial charge >= 0.3 is 0 Å². The Hall–Kier alpha value is -0.120. The van der Waals surface area contributed by atoms with Crippen LogP contribution >= 0.6 is 22.6 Å². The van der Waals surface area contributed by atoms with E-state index in [0.717, 1.165) is 0 Å². The Balaban J connectivity index is 3.13. The van der Waals surface area contributed by atoms with E-state index in [1.165, 1.54) is 9.13 Å². The van der Waals surface area contributed by atoms with Crippen LogP contribution in [0.2, 0.25) is 0 Å². The van der Waals surface area contributed by atoms with Crippen molar-refractivity contribution < 1.29 is 0 Å². The Labute approximate surface area is 62.3 Å². The van der Waals surface area contributed by atoms with E-state index in [1.54, 1.807) is 6.20 Å². The fourth-order valence-corrected chi connectivity index (χ4v) is 0.756. The van der Waals surface area contributed by atoms with Crippen LogP contribution in [0, 0.1) is 10.5 Å². The van der Waals surface area contributed by atoms with E-state index in [4.69, 9.17) is 0 Å². The monoisotopic (exact) mass is 219 g/mol. The zero-order chi connectivity index (χ0) is 5.98. The first-order valence-electron chi connectivity index (χ1n) is 2.37. The lowest BCUT2D eigenvalue weighted by molar-refractivity contribution is 1.25. The standard InChI is InChI=1S/C6H6IN/c1-5-4-8-3-2-6(5)7/h2-4H,1H3. The number of hydrogen-bond acceptors (Lipinski definition) is 1. The molecule has 0 spiro atoms. The molecule has 0 aromatic carbocycles. The quantitative estimate of drug-likeness (QED) is 0.608. The van der Waals surface area contributed by atoms with Gasteiger partial charge in [-0.1, -0.05) is 0 Å². The molecular weight excluding hydrogens is 213 g/mol. The molecule has 0 saturated heterocycles. The van der Waals surface area contributed by atoms with Gasteiger partial charge in [-0.05, 0) is 41.1 Å². The minimum absolute atomic E-state index is 1.24. The Bertz CT molecular complexity index is 165. The van der Waals surface area contributed by atoms with Crippen molar-refractivity contribution in [2.75, 3.05) is 0 Å². The van der Waals surface area contributed by atoms with Crippen LogP contribution < -0.4 is 0 Å². The lowest BCUT2D eigenvalue weighted by Gasteiger charge is -1.90. The topological polar surface area (TPSA) is 12.9 Å². The summed E-state index contributed by atoms with van der Waals surface area (Å²) in [5, 5.41) is 0. The summed E-state index contributed by atoms with van der Waals surface area (Å²) in [5.41, 5.74) is 1.24. The molecular formula is C6H6IN. The Morgan fingerprint density at radius 2 is 2.38 bits per heavy atom. The van der Waals surface area contributed by atoms with Gasteiger partial charge in [0, 0.05) is 16.0 Å². The highest BCUT2D eigenvalue weighted by Crippen LogP contribution is 2.06. The van der Waals surface area contributed by atoms with Gasteiger partial charge < -0.3 is 0 Å². The summed E-state index contributed by atoms with van der Waals surface area (Å²) in [4.78, 5) is 3.94. The van der Waals surface area contributed by atoms with Crippen molar-refractivity contribution in [3.8, 4) is 0 Å². The average molecular weight is 219 g/mol. The number of aryl methyl sites for hydroxylation is 1. The highest BCUT2D eigenvalue weighted by Gasteiger charge is 1.87. The molecule has 0 fully saturated rings. The summed E-state index contributed by atoms with van der Waals surface area (Å²) < 4.78 is 1.28. The number of aromatic nitrogens is 1. The summed E-state index contributed by atoms with van der Waals surface area (Å²) in [7, 11) is 0. The maximum absolute atomic E-state index is 3.94. The van der Waals surface area contributed by atoms with Crippen molar-refractivity contribution in [1.29, 1.82) is 0 Å². The molecule has 0 atom stereocenters. The molecule has 0 aliphatic carbocycles. The molecule has 0 radical (unpaired) electrons. The molecule has 0 unspecified atom stereocenters. The zero-order valence-corrected chi connectivity index (χ0v) is 6.71. The molecule has 1 heterocycles. The fourth-order valence-electron chi connectivity index (χ4n) is 0.456. The van der Waals surface area contributed by atoms with Crippen LogP contribution in [0.4, 0.5) is 0 Å². The van der Waals surface area contributed by atoms with Crippen molar-refractivity contribution >= 4 is 22.6 Å². The first-order valence-corrected chi connectivity index (χ1v) is 3.44. The number of nitrogens with zero attached hydrogens (tertiary/aromatic N) is 1. The molecule has 1 nitrogen and oxygen atoms in total. The molecule has 1 rings (SSSR count). The molecule has 0 aliphatic heterocycles. The third-order valence-electron chi connectivity index (χ3n) is 0.952. The minimum Gasteiger partial charge on any atom is -0.264 e. The highest BCUT2D eigenvalue weighted by molar-refractivity contribution is 14.1. The molecule has 0 N–H and O–H groups in total. The molecule has 8 heavy (non-hydrogen) atoms.